The highest BCUT2D eigenvalue weighted by Crippen LogP contribution is 2.13. The van der Waals surface area contributed by atoms with Crippen molar-refractivity contribution in [2.75, 3.05) is 0 Å². The molecule has 0 radical (unpaired) electrons. The quantitative estimate of drug-likeness (QED) is 0.145. The lowest BCUT2D eigenvalue weighted by atomic mass is 10.0. The van der Waals surface area contributed by atoms with Crippen LogP contribution in [0.25, 0.3) is 0 Å². The molecule has 5 heteroatoms. The predicted octanol–water partition coefficient (Wildman–Crippen LogP) is 6.02. The van der Waals surface area contributed by atoms with E-state index in [4.69, 9.17) is 9.84 Å². The van der Waals surface area contributed by atoms with Crippen LogP contribution < -0.4 is 5.32 Å². The van der Waals surface area contributed by atoms with Gasteiger partial charge in [0.1, 0.15) is 6.10 Å². The highest BCUT2D eigenvalue weighted by Gasteiger charge is 2.18. The number of ether oxygens (including phenoxy) is 1. The molecule has 0 aliphatic heterocycles. The van der Waals surface area contributed by atoms with Crippen molar-refractivity contribution in [1.82, 2.24) is 5.32 Å². The van der Waals surface area contributed by atoms with Crippen LogP contribution in [0.2, 0.25) is 0 Å². The second-order valence-corrected chi connectivity index (χ2v) is 8.28. The van der Waals surface area contributed by atoms with Crippen molar-refractivity contribution in [3.05, 3.63) is 0 Å². The molecule has 29 heavy (non-hydrogen) atoms. The summed E-state index contributed by atoms with van der Waals surface area (Å²) in [6, 6.07) is 0. The van der Waals surface area contributed by atoms with Gasteiger partial charge in [0, 0.05) is 12.8 Å². The Balaban J connectivity index is 3.43. The van der Waals surface area contributed by atoms with Gasteiger partial charge in [0.2, 0.25) is 5.91 Å². The number of carbonyl (C=O) groups excluding carboxylic acids is 2. The van der Waals surface area contributed by atoms with Gasteiger partial charge in [-0.2, -0.15) is 0 Å². The minimum Gasteiger partial charge on any atom is -0.440 e. The van der Waals surface area contributed by atoms with Crippen LogP contribution in [0.15, 0.2) is 0 Å². The lowest BCUT2D eigenvalue weighted by Crippen LogP contribution is -2.39. The molecular weight excluding hydrogens is 366 g/mol. The number of aliphatic hydroxyl groups excluding tert-OH is 1. The number of rotatable bonds is 20. The molecule has 0 rings (SSSR count). The Morgan fingerprint density at radius 1 is 0.759 bits per heavy atom. The van der Waals surface area contributed by atoms with Gasteiger partial charge in [-0.15, -0.1) is 0 Å². The van der Waals surface area contributed by atoms with Gasteiger partial charge >= 0.3 is 5.97 Å². The maximum absolute atomic E-state index is 11.9. The van der Waals surface area contributed by atoms with E-state index in [9.17, 15) is 9.59 Å². The number of hydrogen-bond acceptors (Lipinski definition) is 4. The molecule has 0 unspecified atom stereocenters. The van der Waals surface area contributed by atoms with E-state index in [1.165, 1.54) is 90.4 Å². The van der Waals surface area contributed by atoms with Gasteiger partial charge in [-0.05, 0) is 13.3 Å². The third kappa shape index (κ3) is 18.7. The lowest BCUT2D eigenvalue weighted by molar-refractivity contribution is -0.161. The Kier molecular flexibility index (Phi) is 19.4. The molecule has 0 aromatic heterocycles. The van der Waals surface area contributed by atoms with E-state index in [-0.39, 0.29) is 5.91 Å². The molecule has 0 aromatic rings. The van der Waals surface area contributed by atoms with Gasteiger partial charge in [0.25, 0.3) is 0 Å². The Morgan fingerprint density at radius 2 is 1.17 bits per heavy atom. The SMILES string of the molecule is CCCCCCCCCCCCCCCCCC(=O)N[C@H](CC)OC(=O)[C@@H](C)O. The van der Waals surface area contributed by atoms with Crippen molar-refractivity contribution in [3.63, 3.8) is 0 Å². The van der Waals surface area contributed by atoms with Crippen LogP contribution in [0.1, 0.15) is 130 Å². The zero-order valence-electron chi connectivity index (χ0n) is 19.3. The lowest BCUT2D eigenvalue weighted by Gasteiger charge is -2.18. The van der Waals surface area contributed by atoms with E-state index < -0.39 is 18.3 Å². The Labute approximate surface area is 179 Å². The molecule has 0 aliphatic rings. The largest absolute Gasteiger partial charge is 0.440 e. The Morgan fingerprint density at radius 3 is 1.55 bits per heavy atom. The summed E-state index contributed by atoms with van der Waals surface area (Å²) in [6.07, 6.45) is 18.6. The van der Waals surface area contributed by atoms with E-state index in [1.54, 1.807) is 0 Å². The molecule has 0 saturated heterocycles. The van der Waals surface area contributed by atoms with Crippen LogP contribution in [0, 0.1) is 0 Å². The van der Waals surface area contributed by atoms with Crippen LogP contribution in [0.4, 0.5) is 0 Å². The van der Waals surface area contributed by atoms with Crippen molar-refractivity contribution in [2.24, 2.45) is 0 Å². The number of esters is 1. The number of hydrogen-bond donors (Lipinski definition) is 2. The molecule has 5 nitrogen and oxygen atoms in total. The predicted molar refractivity (Wildman–Crippen MR) is 120 cm³/mol. The summed E-state index contributed by atoms with van der Waals surface area (Å²) in [5, 5.41) is 11.9. The molecule has 2 N–H and O–H groups in total. The molecule has 172 valence electrons. The summed E-state index contributed by atoms with van der Waals surface area (Å²) in [4.78, 5) is 23.3. The minimum atomic E-state index is -1.17. The third-order valence-corrected chi connectivity index (χ3v) is 5.30. The normalized spacial score (nSPS) is 13.1. The fraction of sp³-hybridized carbons (Fsp3) is 0.917. The summed E-state index contributed by atoms with van der Waals surface area (Å²) in [7, 11) is 0. The summed E-state index contributed by atoms with van der Waals surface area (Å²) in [5.41, 5.74) is 0. The number of carbonyl (C=O) groups is 2. The number of nitrogens with one attached hydrogen (secondary N) is 1. The first kappa shape index (κ1) is 27.9. The molecule has 1 amide bonds. The highest BCUT2D eigenvalue weighted by molar-refractivity contribution is 5.77. The molecule has 0 heterocycles. The standard InChI is InChI=1S/C24H47NO4/c1-4-6-7-8-9-10-11-12-13-14-15-16-17-18-19-20-22(27)25-23(5-2)29-24(28)21(3)26/h21,23,26H,4-20H2,1-3H3,(H,25,27)/t21-,23+/m1/s1. The summed E-state index contributed by atoms with van der Waals surface area (Å²) in [5.74, 6) is -0.797. The maximum atomic E-state index is 11.9. The topological polar surface area (TPSA) is 75.6 Å². The van der Waals surface area contributed by atoms with Crippen molar-refractivity contribution in [1.29, 1.82) is 0 Å². The van der Waals surface area contributed by atoms with E-state index in [2.05, 4.69) is 12.2 Å². The Hall–Kier alpha value is -1.10. The molecule has 0 saturated carbocycles. The van der Waals surface area contributed by atoms with E-state index in [1.807, 2.05) is 6.92 Å². The first-order valence-electron chi connectivity index (χ1n) is 12.2. The second-order valence-electron chi connectivity index (χ2n) is 8.28. The zero-order valence-corrected chi connectivity index (χ0v) is 19.3. The third-order valence-electron chi connectivity index (χ3n) is 5.30. The average Bonchev–Trinajstić information content (AvgIpc) is 2.70. The summed E-state index contributed by atoms with van der Waals surface area (Å²) < 4.78 is 5.04. The minimum absolute atomic E-state index is 0.0927. The fourth-order valence-corrected chi connectivity index (χ4v) is 3.36. The molecule has 0 fully saturated rings. The molecule has 0 spiro atoms. The Bertz CT molecular complexity index is 398. The molecule has 0 aliphatic carbocycles. The number of unbranched alkanes of at least 4 members (excludes halogenated alkanes) is 14. The fourth-order valence-electron chi connectivity index (χ4n) is 3.36. The molecule has 2 atom stereocenters. The van der Waals surface area contributed by atoms with Crippen molar-refractivity contribution < 1.29 is 19.4 Å². The second kappa shape index (κ2) is 20.2. The van der Waals surface area contributed by atoms with Crippen molar-refractivity contribution in [3.8, 4) is 0 Å². The summed E-state index contributed by atoms with van der Waals surface area (Å²) >= 11 is 0. The van der Waals surface area contributed by atoms with Crippen LogP contribution in [0.3, 0.4) is 0 Å². The summed E-state index contributed by atoms with van der Waals surface area (Å²) in [6.45, 7) is 5.45. The van der Waals surface area contributed by atoms with Crippen LogP contribution in [-0.2, 0) is 14.3 Å². The van der Waals surface area contributed by atoms with Gasteiger partial charge in [0.15, 0.2) is 6.23 Å². The maximum Gasteiger partial charge on any atom is 0.336 e. The first-order valence-corrected chi connectivity index (χ1v) is 12.2. The average molecular weight is 414 g/mol. The monoisotopic (exact) mass is 413 g/mol. The number of aliphatic hydroxyl groups is 1. The van der Waals surface area contributed by atoms with Crippen molar-refractivity contribution >= 4 is 11.9 Å². The molecule has 0 aromatic carbocycles. The number of amides is 1. The van der Waals surface area contributed by atoms with Crippen molar-refractivity contribution in [2.45, 2.75) is 142 Å². The highest BCUT2D eigenvalue weighted by atomic mass is 16.6. The molecule has 0 bridgehead atoms. The van der Waals surface area contributed by atoms with Crippen LogP contribution in [0.5, 0.6) is 0 Å². The molecular formula is C24H47NO4. The van der Waals surface area contributed by atoms with Gasteiger partial charge in [-0.1, -0.05) is 104 Å². The van der Waals surface area contributed by atoms with Crippen LogP contribution in [-0.4, -0.2) is 29.3 Å². The smallest absolute Gasteiger partial charge is 0.336 e. The first-order chi connectivity index (χ1) is 14.0. The zero-order chi connectivity index (χ0) is 21.7. The van der Waals surface area contributed by atoms with E-state index >= 15 is 0 Å². The van der Waals surface area contributed by atoms with Gasteiger partial charge in [0.05, 0.1) is 0 Å². The van der Waals surface area contributed by atoms with Gasteiger partial charge < -0.3 is 15.2 Å². The van der Waals surface area contributed by atoms with Gasteiger partial charge in [-0.3, -0.25) is 4.79 Å². The van der Waals surface area contributed by atoms with Gasteiger partial charge in [-0.25, -0.2) is 4.79 Å². The van der Waals surface area contributed by atoms with E-state index in [0.717, 1.165) is 12.8 Å². The van der Waals surface area contributed by atoms with Crippen LogP contribution >= 0.6 is 0 Å². The van der Waals surface area contributed by atoms with E-state index in [0.29, 0.717) is 12.8 Å².